The first-order valence-electron chi connectivity index (χ1n) is 7.74. The van der Waals surface area contributed by atoms with Crippen LogP contribution in [0.1, 0.15) is 22.7 Å². The van der Waals surface area contributed by atoms with Crippen molar-refractivity contribution in [2.45, 2.75) is 25.1 Å². The topological polar surface area (TPSA) is 90.8 Å². The van der Waals surface area contributed by atoms with Crippen molar-refractivity contribution in [1.82, 2.24) is 5.32 Å². The van der Waals surface area contributed by atoms with Crippen molar-refractivity contribution >= 4 is 11.8 Å². The molecule has 0 saturated heterocycles. The van der Waals surface area contributed by atoms with E-state index >= 15 is 0 Å². The average Bonchev–Trinajstić information content (AvgIpc) is 2.92. The van der Waals surface area contributed by atoms with Crippen LogP contribution in [0.15, 0.2) is 42.5 Å². The average molecular weight is 328 g/mol. The standard InChI is InChI=1S/C18H20N2O4/c1-24-13-6-7-15(12(8-13)10-21)19-17-14-5-3-2-4-11(14)9-16(17)20-18(22)23/h2-8,16-17,19-21H,9-10H2,1H3,(H,22,23). The van der Waals surface area contributed by atoms with Crippen molar-refractivity contribution in [2.75, 3.05) is 12.4 Å². The Balaban J connectivity index is 1.92. The number of aliphatic hydroxyl groups is 1. The molecule has 6 heteroatoms. The minimum Gasteiger partial charge on any atom is -0.497 e. The van der Waals surface area contributed by atoms with E-state index < -0.39 is 6.09 Å². The minimum atomic E-state index is -1.04. The summed E-state index contributed by atoms with van der Waals surface area (Å²) in [5.74, 6) is 0.664. The van der Waals surface area contributed by atoms with Gasteiger partial charge in [-0.2, -0.15) is 0 Å². The SMILES string of the molecule is COc1ccc(NC2c3ccccc3CC2NC(=O)O)c(CO)c1. The second-order valence-electron chi connectivity index (χ2n) is 5.76. The Kier molecular flexibility index (Phi) is 4.57. The minimum absolute atomic E-state index is 0.134. The number of aliphatic hydroxyl groups excluding tert-OH is 1. The van der Waals surface area contributed by atoms with Gasteiger partial charge in [0.25, 0.3) is 0 Å². The van der Waals surface area contributed by atoms with E-state index in [1.54, 1.807) is 13.2 Å². The highest BCUT2D eigenvalue weighted by molar-refractivity contribution is 5.66. The number of amides is 1. The monoisotopic (exact) mass is 328 g/mol. The predicted molar refractivity (Wildman–Crippen MR) is 90.4 cm³/mol. The van der Waals surface area contributed by atoms with E-state index in [-0.39, 0.29) is 18.7 Å². The summed E-state index contributed by atoms with van der Waals surface area (Å²) in [6.45, 7) is -0.134. The van der Waals surface area contributed by atoms with Crippen molar-refractivity contribution in [1.29, 1.82) is 0 Å². The molecule has 4 N–H and O–H groups in total. The van der Waals surface area contributed by atoms with E-state index in [0.717, 1.165) is 16.8 Å². The summed E-state index contributed by atoms with van der Waals surface area (Å²) < 4.78 is 5.18. The number of carboxylic acid groups (broad SMARTS) is 1. The third-order valence-corrected chi connectivity index (χ3v) is 4.33. The third kappa shape index (κ3) is 3.14. The third-order valence-electron chi connectivity index (χ3n) is 4.33. The largest absolute Gasteiger partial charge is 0.497 e. The Morgan fingerprint density at radius 2 is 2.08 bits per heavy atom. The maximum Gasteiger partial charge on any atom is 0.404 e. The fourth-order valence-corrected chi connectivity index (χ4v) is 3.20. The van der Waals surface area contributed by atoms with Gasteiger partial charge in [-0.15, -0.1) is 0 Å². The predicted octanol–water partition coefficient (Wildman–Crippen LogP) is 2.53. The number of anilines is 1. The molecular formula is C18H20N2O4. The van der Waals surface area contributed by atoms with Gasteiger partial charge in [0.15, 0.2) is 0 Å². The number of fused-ring (bicyclic) bond motifs is 1. The van der Waals surface area contributed by atoms with Crippen molar-refractivity contribution in [3.05, 3.63) is 59.2 Å². The molecule has 2 atom stereocenters. The molecule has 0 bridgehead atoms. The molecule has 0 heterocycles. The molecule has 1 amide bonds. The number of rotatable bonds is 5. The second-order valence-corrected chi connectivity index (χ2v) is 5.76. The molecule has 2 aromatic rings. The van der Waals surface area contributed by atoms with Crippen molar-refractivity contribution < 1.29 is 19.7 Å². The Bertz CT molecular complexity index is 748. The molecule has 0 aliphatic heterocycles. The zero-order chi connectivity index (χ0) is 17.1. The highest BCUT2D eigenvalue weighted by Crippen LogP contribution is 2.35. The molecule has 6 nitrogen and oxygen atoms in total. The van der Waals surface area contributed by atoms with E-state index in [4.69, 9.17) is 9.84 Å². The fraction of sp³-hybridized carbons (Fsp3) is 0.278. The Labute approximate surface area is 140 Å². The lowest BCUT2D eigenvalue weighted by molar-refractivity contribution is 0.189. The van der Waals surface area contributed by atoms with Crippen LogP contribution in [0.4, 0.5) is 10.5 Å². The summed E-state index contributed by atoms with van der Waals surface area (Å²) in [6, 6.07) is 12.8. The summed E-state index contributed by atoms with van der Waals surface area (Å²) in [6.07, 6.45) is -0.415. The number of hydrogen-bond acceptors (Lipinski definition) is 4. The van der Waals surface area contributed by atoms with Gasteiger partial charge in [0.2, 0.25) is 0 Å². The van der Waals surface area contributed by atoms with E-state index in [2.05, 4.69) is 10.6 Å². The van der Waals surface area contributed by atoms with Gasteiger partial charge in [0.1, 0.15) is 5.75 Å². The van der Waals surface area contributed by atoms with Gasteiger partial charge in [-0.1, -0.05) is 24.3 Å². The summed E-state index contributed by atoms with van der Waals surface area (Å²) in [4.78, 5) is 11.1. The summed E-state index contributed by atoms with van der Waals surface area (Å²) in [7, 11) is 1.57. The quantitative estimate of drug-likeness (QED) is 0.677. The van der Waals surface area contributed by atoms with E-state index in [0.29, 0.717) is 17.7 Å². The highest BCUT2D eigenvalue weighted by atomic mass is 16.5. The van der Waals surface area contributed by atoms with E-state index in [9.17, 15) is 9.90 Å². The molecule has 3 rings (SSSR count). The first-order chi connectivity index (χ1) is 11.6. The van der Waals surface area contributed by atoms with Gasteiger partial charge < -0.3 is 25.6 Å². The molecule has 1 aliphatic carbocycles. The number of methoxy groups -OCH3 is 1. The number of carbonyl (C=O) groups is 1. The Morgan fingerprint density at radius 3 is 2.79 bits per heavy atom. The maximum atomic E-state index is 11.1. The van der Waals surface area contributed by atoms with Gasteiger partial charge in [-0.05, 0) is 35.7 Å². The number of ether oxygens (including phenoxy) is 1. The van der Waals surface area contributed by atoms with Crippen LogP contribution in [0.2, 0.25) is 0 Å². The molecule has 0 spiro atoms. The van der Waals surface area contributed by atoms with E-state index in [1.807, 2.05) is 36.4 Å². The molecule has 0 aromatic heterocycles. The van der Waals surface area contributed by atoms with Crippen molar-refractivity contribution in [3.8, 4) is 5.75 Å². The molecule has 126 valence electrons. The van der Waals surface area contributed by atoms with Gasteiger partial charge in [0, 0.05) is 11.3 Å². The van der Waals surface area contributed by atoms with Crippen LogP contribution in [-0.4, -0.2) is 29.5 Å². The van der Waals surface area contributed by atoms with Gasteiger partial charge in [-0.25, -0.2) is 4.79 Å². The molecule has 0 saturated carbocycles. The number of nitrogens with one attached hydrogen (secondary N) is 2. The lowest BCUT2D eigenvalue weighted by Gasteiger charge is -2.24. The van der Waals surface area contributed by atoms with Crippen LogP contribution in [0.25, 0.3) is 0 Å². The lowest BCUT2D eigenvalue weighted by atomic mass is 10.1. The molecular weight excluding hydrogens is 308 g/mol. The molecule has 0 radical (unpaired) electrons. The maximum absolute atomic E-state index is 11.1. The van der Waals surface area contributed by atoms with Crippen LogP contribution in [0, 0.1) is 0 Å². The molecule has 0 fully saturated rings. The molecule has 1 aliphatic rings. The lowest BCUT2D eigenvalue weighted by Crippen LogP contribution is -2.39. The van der Waals surface area contributed by atoms with Gasteiger partial charge in [-0.3, -0.25) is 0 Å². The van der Waals surface area contributed by atoms with Crippen LogP contribution >= 0.6 is 0 Å². The van der Waals surface area contributed by atoms with Crippen LogP contribution < -0.4 is 15.4 Å². The molecule has 2 aromatic carbocycles. The zero-order valence-electron chi connectivity index (χ0n) is 13.3. The highest BCUT2D eigenvalue weighted by Gasteiger charge is 2.33. The van der Waals surface area contributed by atoms with Gasteiger partial charge in [0.05, 0.1) is 25.8 Å². The van der Waals surface area contributed by atoms with Crippen molar-refractivity contribution in [3.63, 3.8) is 0 Å². The molecule has 24 heavy (non-hydrogen) atoms. The first kappa shape index (κ1) is 16.1. The Hall–Kier alpha value is -2.73. The molecule has 2 unspecified atom stereocenters. The fourth-order valence-electron chi connectivity index (χ4n) is 3.20. The van der Waals surface area contributed by atoms with Crippen LogP contribution in [0.3, 0.4) is 0 Å². The van der Waals surface area contributed by atoms with E-state index in [1.165, 1.54) is 0 Å². The normalized spacial score (nSPS) is 18.8. The first-order valence-corrected chi connectivity index (χ1v) is 7.74. The number of benzene rings is 2. The van der Waals surface area contributed by atoms with Gasteiger partial charge >= 0.3 is 6.09 Å². The van der Waals surface area contributed by atoms with Crippen LogP contribution in [0.5, 0.6) is 5.75 Å². The van der Waals surface area contributed by atoms with Crippen LogP contribution in [-0.2, 0) is 13.0 Å². The summed E-state index contributed by atoms with van der Waals surface area (Å²) in [5, 5.41) is 24.7. The Morgan fingerprint density at radius 1 is 1.29 bits per heavy atom. The summed E-state index contributed by atoms with van der Waals surface area (Å²) >= 11 is 0. The number of hydrogen-bond donors (Lipinski definition) is 4. The van der Waals surface area contributed by atoms with Crippen molar-refractivity contribution in [2.24, 2.45) is 0 Å². The summed E-state index contributed by atoms with van der Waals surface area (Å²) in [5.41, 5.74) is 3.65. The smallest absolute Gasteiger partial charge is 0.404 e. The second kappa shape index (κ2) is 6.80. The zero-order valence-corrected chi connectivity index (χ0v) is 13.3.